The third kappa shape index (κ3) is 3.09. The van der Waals surface area contributed by atoms with E-state index in [0.717, 1.165) is 17.4 Å². The lowest BCUT2D eigenvalue weighted by molar-refractivity contribution is 0.00784. The fourth-order valence-corrected chi connectivity index (χ4v) is 6.78. The van der Waals surface area contributed by atoms with Gasteiger partial charge in [-0.2, -0.15) is 0 Å². The summed E-state index contributed by atoms with van der Waals surface area (Å²) in [6.45, 7) is 9.83. The molecule has 5 rings (SSSR count). The molecule has 1 amide bonds. The predicted octanol–water partition coefficient (Wildman–Crippen LogP) is 3.24. The number of aromatic hydroxyl groups is 1. The number of hydrogen-bond donors (Lipinski definition) is 3. The van der Waals surface area contributed by atoms with E-state index in [4.69, 9.17) is 9.57 Å². The van der Waals surface area contributed by atoms with Gasteiger partial charge in [0, 0.05) is 22.0 Å². The van der Waals surface area contributed by atoms with Crippen LogP contribution in [0.4, 0.5) is 0 Å². The maximum atomic E-state index is 12.6. The molecule has 3 unspecified atom stereocenters. The molecule has 3 atom stereocenters. The molecule has 0 fully saturated rings. The van der Waals surface area contributed by atoms with Gasteiger partial charge >= 0.3 is 0 Å². The highest BCUT2D eigenvalue weighted by molar-refractivity contribution is 7.88. The lowest BCUT2D eigenvalue weighted by Gasteiger charge is -2.58. The van der Waals surface area contributed by atoms with Crippen molar-refractivity contribution in [3.8, 4) is 11.5 Å². The number of nitrogens with zero attached hydrogens (tertiary/aromatic N) is 1. The van der Waals surface area contributed by atoms with Crippen LogP contribution < -0.4 is 14.8 Å². The second kappa shape index (κ2) is 7.38. The molecule has 2 heterocycles. The van der Waals surface area contributed by atoms with Gasteiger partial charge in [0.1, 0.15) is 24.3 Å². The van der Waals surface area contributed by atoms with Gasteiger partial charge in [0.2, 0.25) is 10.0 Å². The van der Waals surface area contributed by atoms with E-state index >= 15 is 0 Å². The van der Waals surface area contributed by atoms with Gasteiger partial charge in [0.15, 0.2) is 5.60 Å². The van der Waals surface area contributed by atoms with Crippen LogP contribution in [0, 0.1) is 10.8 Å². The minimum absolute atomic E-state index is 0.00291. The Morgan fingerprint density at radius 1 is 1.28 bits per heavy atom. The number of allylic oxidation sites excluding steroid dienone is 3. The van der Waals surface area contributed by atoms with Crippen LogP contribution in [0.5, 0.6) is 11.5 Å². The monoisotopic (exact) mass is 513 g/mol. The summed E-state index contributed by atoms with van der Waals surface area (Å²) in [5.41, 5.74) is 1.64. The fourth-order valence-electron chi connectivity index (χ4n) is 6.22. The quantitative estimate of drug-likeness (QED) is 0.533. The van der Waals surface area contributed by atoms with Gasteiger partial charge in [-0.25, -0.2) is 8.42 Å². The summed E-state index contributed by atoms with van der Waals surface area (Å²) in [5.74, 6) is 0.184. The summed E-state index contributed by atoms with van der Waals surface area (Å²) < 4.78 is 34.4. The van der Waals surface area contributed by atoms with Gasteiger partial charge in [0.25, 0.3) is 5.91 Å². The van der Waals surface area contributed by atoms with Crippen LogP contribution in [0.3, 0.4) is 0 Å². The van der Waals surface area contributed by atoms with Crippen LogP contribution in [0.2, 0.25) is 0 Å². The Labute approximate surface area is 211 Å². The first-order valence-corrected chi connectivity index (χ1v) is 13.7. The second-order valence-corrected chi connectivity index (χ2v) is 12.6. The van der Waals surface area contributed by atoms with Crippen LogP contribution in [0.15, 0.2) is 46.3 Å². The molecule has 0 aromatic heterocycles. The molecule has 4 aliphatic rings. The molecule has 1 spiro atoms. The molecule has 0 saturated heterocycles. The van der Waals surface area contributed by atoms with E-state index in [-0.39, 0.29) is 23.4 Å². The number of nitrogens with one attached hydrogen (secondary N) is 2. The molecule has 0 bridgehead atoms. The van der Waals surface area contributed by atoms with Crippen molar-refractivity contribution in [2.75, 3.05) is 13.4 Å². The third-order valence-electron chi connectivity index (χ3n) is 8.15. The Kier molecular flexibility index (Phi) is 5.01. The van der Waals surface area contributed by atoms with E-state index in [1.54, 1.807) is 6.08 Å². The summed E-state index contributed by atoms with van der Waals surface area (Å²) in [7, 11) is -2.25. The molecular weight excluding hydrogens is 482 g/mol. The zero-order valence-corrected chi connectivity index (χ0v) is 22.3. The number of amides is 1. The lowest BCUT2D eigenvalue weighted by atomic mass is 9.51. The van der Waals surface area contributed by atoms with Gasteiger partial charge in [-0.1, -0.05) is 43.7 Å². The average Bonchev–Trinajstić information content (AvgIpc) is 3.03. The van der Waals surface area contributed by atoms with Crippen LogP contribution in [0.25, 0.3) is 0 Å². The number of ether oxygens (including phenoxy) is 1. The van der Waals surface area contributed by atoms with Crippen LogP contribution in [0.1, 0.15) is 62.1 Å². The van der Waals surface area contributed by atoms with Crippen molar-refractivity contribution in [2.24, 2.45) is 16.0 Å². The Bertz CT molecular complexity index is 1450. The first-order valence-electron chi connectivity index (χ1n) is 11.8. The lowest BCUT2D eigenvalue weighted by Crippen LogP contribution is -2.63. The van der Waals surface area contributed by atoms with E-state index in [0.29, 0.717) is 34.6 Å². The number of carbonyl (C=O) groups is 1. The molecule has 2 aliphatic carbocycles. The highest BCUT2D eigenvalue weighted by atomic mass is 32.2. The smallest absolute Gasteiger partial charge is 0.252 e. The van der Waals surface area contributed by atoms with Crippen LogP contribution in [-0.4, -0.2) is 44.1 Å². The summed E-state index contributed by atoms with van der Waals surface area (Å²) in [6, 6.07) is 1.20. The molecule has 2 aliphatic heterocycles. The zero-order chi connectivity index (χ0) is 26.4. The van der Waals surface area contributed by atoms with Crippen LogP contribution in [-0.2, 0) is 21.3 Å². The average molecular weight is 514 g/mol. The van der Waals surface area contributed by atoms with Gasteiger partial charge in [0.05, 0.1) is 23.6 Å². The van der Waals surface area contributed by atoms with Crippen molar-refractivity contribution < 1.29 is 27.9 Å². The zero-order valence-electron chi connectivity index (χ0n) is 21.4. The number of fused-ring (bicyclic) bond motifs is 3. The van der Waals surface area contributed by atoms with Gasteiger partial charge in [-0.15, -0.1) is 0 Å². The van der Waals surface area contributed by atoms with E-state index in [1.165, 1.54) is 13.2 Å². The standard InChI is InChI=1S/C26H31N3O6S/c1-13-8-9-19-24(3,4)22(28-34-6)17(29-36(7,32)33)12-26(19)25(13,5)11-16-18(30)10-15-20(21(16)35-26)14(2)27-23(15)31/h8-10,12,14,29-30H,11H2,1-7H3,(H,27,31). The highest BCUT2D eigenvalue weighted by Crippen LogP contribution is 2.63. The molecule has 1 aromatic carbocycles. The summed E-state index contributed by atoms with van der Waals surface area (Å²) >= 11 is 0. The molecule has 192 valence electrons. The van der Waals surface area contributed by atoms with Gasteiger partial charge in [-0.3, -0.25) is 9.52 Å². The number of benzene rings is 1. The normalized spacial score (nSPS) is 31.0. The predicted molar refractivity (Wildman–Crippen MR) is 135 cm³/mol. The summed E-state index contributed by atoms with van der Waals surface area (Å²) in [4.78, 5) is 17.7. The van der Waals surface area contributed by atoms with Gasteiger partial charge < -0.3 is 20.0 Å². The largest absolute Gasteiger partial charge is 0.508 e. The van der Waals surface area contributed by atoms with E-state index in [1.807, 2.05) is 39.8 Å². The second-order valence-electron chi connectivity index (χ2n) is 10.8. The molecule has 1 aromatic rings. The molecule has 0 saturated carbocycles. The highest BCUT2D eigenvalue weighted by Gasteiger charge is 2.63. The summed E-state index contributed by atoms with van der Waals surface area (Å²) in [5, 5.41) is 18.1. The molecule has 9 nitrogen and oxygen atoms in total. The molecule has 36 heavy (non-hydrogen) atoms. The van der Waals surface area contributed by atoms with Crippen molar-refractivity contribution in [1.29, 1.82) is 0 Å². The maximum Gasteiger partial charge on any atom is 0.252 e. The fraction of sp³-hybridized carbons (Fsp3) is 0.462. The van der Waals surface area contributed by atoms with Crippen molar-refractivity contribution in [3.05, 3.63) is 57.8 Å². The SMILES string of the molecule is CON=C1C(NS(C)(=O)=O)=CC23Oc4c(c(O)cc5c4C(C)NC5=O)CC2(C)C(C)=CC=C3C1(C)C. The first kappa shape index (κ1) is 24.4. The third-order valence-corrected chi connectivity index (χ3v) is 8.74. The van der Waals surface area contributed by atoms with Crippen LogP contribution >= 0.6 is 0 Å². The minimum Gasteiger partial charge on any atom is -0.508 e. The number of oxime groups is 1. The van der Waals surface area contributed by atoms with Crippen molar-refractivity contribution in [3.63, 3.8) is 0 Å². The minimum atomic E-state index is -3.67. The Hall–Kier alpha value is -3.27. The van der Waals surface area contributed by atoms with E-state index in [9.17, 15) is 18.3 Å². The topological polar surface area (TPSA) is 126 Å². The molecule has 0 radical (unpaired) electrons. The number of phenols is 1. The molecule has 3 N–H and O–H groups in total. The van der Waals surface area contributed by atoms with Crippen molar-refractivity contribution >= 4 is 21.6 Å². The maximum absolute atomic E-state index is 12.6. The number of carbonyl (C=O) groups excluding carboxylic acids is 1. The van der Waals surface area contributed by atoms with E-state index in [2.05, 4.69) is 22.1 Å². The Morgan fingerprint density at radius 2 is 1.97 bits per heavy atom. The number of phenolic OH excluding ortho intramolecular Hbond substituents is 1. The Balaban J connectivity index is 1.87. The molecular formula is C26H31N3O6S. The Morgan fingerprint density at radius 3 is 2.61 bits per heavy atom. The summed E-state index contributed by atoms with van der Waals surface area (Å²) in [6.07, 6.45) is 7.30. The van der Waals surface area contributed by atoms with Crippen molar-refractivity contribution in [1.82, 2.24) is 10.0 Å². The number of hydrogen-bond acceptors (Lipinski definition) is 7. The molecule has 10 heteroatoms. The first-order chi connectivity index (χ1) is 16.7. The van der Waals surface area contributed by atoms with Crippen molar-refractivity contribution in [2.45, 2.75) is 52.7 Å². The number of rotatable bonds is 3. The number of sulfonamides is 1. The van der Waals surface area contributed by atoms with E-state index < -0.39 is 26.5 Å². The van der Waals surface area contributed by atoms with Gasteiger partial charge in [-0.05, 0) is 38.0 Å².